The number of carbonyl (C=O) groups excluding carboxylic acids is 1. The molecule has 1 fully saturated rings. The lowest BCUT2D eigenvalue weighted by Gasteiger charge is -2.34. The summed E-state index contributed by atoms with van der Waals surface area (Å²) in [5.74, 6) is 0.128. The summed E-state index contributed by atoms with van der Waals surface area (Å²) in [7, 11) is 0. The van der Waals surface area contributed by atoms with Crippen LogP contribution in [0, 0.1) is 6.92 Å². The first-order valence-electron chi connectivity index (χ1n) is 9.41. The summed E-state index contributed by atoms with van der Waals surface area (Å²) in [5.41, 5.74) is 0.773. The molecule has 3 rings (SSSR count). The molecule has 0 N–H and O–H groups in total. The van der Waals surface area contributed by atoms with E-state index < -0.39 is 0 Å². The zero-order valence-electron chi connectivity index (χ0n) is 16.6. The van der Waals surface area contributed by atoms with Gasteiger partial charge in [0, 0.05) is 49.1 Å². The van der Waals surface area contributed by atoms with Gasteiger partial charge in [-0.3, -0.25) is 14.5 Å². The normalized spacial score (nSPS) is 15.9. The number of amides is 1. The molecule has 27 heavy (non-hydrogen) atoms. The highest BCUT2D eigenvalue weighted by Crippen LogP contribution is 2.19. The molecule has 1 amide bonds. The van der Waals surface area contributed by atoms with Gasteiger partial charge in [0.2, 0.25) is 0 Å². The van der Waals surface area contributed by atoms with Crippen LogP contribution in [0.5, 0.6) is 0 Å². The minimum Gasteiger partial charge on any atom is -0.335 e. The molecule has 2 aromatic rings. The van der Waals surface area contributed by atoms with Crippen LogP contribution in [0.25, 0.3) is 0 Å². The molecule has 0 aromatic carbocycles. The van der Waals surface area contributed by atoms with E-state index in [1.807, 2.05) is 30.0 Å². The van der Waals surface area contributed by atoms with Gasteiger partial charge in [-0.05, 0) is 25.1 Å². The van der Waals surface area contributed by atoms with Crippen LogP contribution in [0.4, 0.5) is 0 Å². The number of aromatic nitrogens is 2. The molecule has 1 aliphatic heterocycles. The van der Waals surface area contributed by atoms with Crippen LogP contribution in [-0.2, 0) is 12.0 Å². The largest absolute Gasteiger partial charge is 0.335 e. The molecular formula is C20H28N4O2S. The molecule has 0 aliphatic carbocycles. The van der Waals surface area contributed by atoms with Crippen LogP contribution >= 0.6 is 11.3 Å². The first-order chi connectivity index (χ1) is 12.7. The van der Waals surface area contributed by atoms with Gasteiger partial charge in [-0.1, -0.05) is 20.8 Å². The van der Waals surface area contributed by atoms with Crippen LogP contribution in [0.15, 0.2) is 29.1 Å². The van der Waals surface area contributed by atoms with E-state index >= 15 is 0 Å². The second kappa shape index (κ2) is 7.94. The molecule has 146 valence electrons. The fourth-order valence-corrected chi connectivity index (χ4v) is 3.96. The lowest BCUT2D eigenvalue weighted by molar-refractivity contribution is 0.0636. The van der Waals surface area contributed by atoms with Crippen molar-refractivity contribution >= 4 is 17.2 Å². The van der Waals surface area contributed by atoms with Gasteiger partial charge in [0.25, 0.3) is 11.5 Å². The molecule has 6 nitrogen and oxygen atoms in total. The van der Waals surface area contributed by atoms with Crippen molar-refractivity contribution in [1.29, 1.82) is 0 Å². The average molecular weight is 389 g/mol. The van der Waals surface area contributed by atoms with Crippen LogP contribution in [0.2, 0.25) is 0 Å². The van der Waals surface area contributed by atoms with E-state index in [1.54, 1.807) is 22.1 Å². The molecule has 1 saturated heterocycles. The van der Waals surface area contributed by atoms with Crippen molar-refractivity contribution in [2.75, 3.05) is 32.7 Å². The molecule has 0 radical (unpaired) electrons. The highest BCUT2D eigenvalue weighted by molar-refractivity contribution is 7.13. The Kier molecular flexibility index (Phi) is 5.81. The van der Waals surface area contributed by atoms with Gasteiger partial charge in [0.1, 0.15) is 0 Å². The van der Waals surface area contributed by atoms with E-state index in [1.165, 1.54) is 0 Å². The van der Waals surface area contributed by atoms with Crippen LogP contribution < -0.4 is 5.56 Å². The van der Waals surface area contributed by atoms with Gasteiger partial charge < -0.3 is 4.90 Å². The van der Waals surface area contributed by atoms with Crippen LogP contribution in [0.3, 0.4) is 0 Å². The van der Waals surface area contributed by atoms with E-state index in [9.17, 15) is 9.59 Å². The van der Waals surface area contributed by atoms with Crippen LogP contribution in [-0.4, -0.2) is 58.2 Å². The van der Waals surface area contributed by atoms with Gasteiger partial charge >= 0.3 is 0 Å². The van der Waals surface area contributed by atoms with E-state index in [4.69, 9.17) is 0 Å². The predicted octanol–water partition coefficient (Wildman–Crippen LogP) is 2.37. The third kappa shape index (κ3) is 4.84. The molecule has 7 heteroatoms. The summed E-state index contributed by atoms with van der Waals surface area (Å²) in [6, 6.07) is 7.32. The maximum Gasteiger partial charge on any atom is 0.266 e. The topological polar surface area (TPSA) is 58.4 Å². The Labute approximate surface area is 164 Å². The van der Waals surface area contributed by atoms with E-state index in [0.29, 0.717) is 6.54 Å². The summed E-state index contributed by atoms with van der Waals surface area (Å²) in [6.45, 7) is 12.7. The van der Waals surface area contributed by atoms with Crippen molar-refractivity contribution in [2.45, 2.75) is 39.7 Å². The van der Waals surface area contributed by atoms with Gasteiger partial charge in [-0.25, -0.2) is 4.68 Å². The Hall–Kier alpha value is -1.99. The molecule has 1 aliphatic rings. The molecule has 3 heterocycles. The molecule has 0 spiro atoms. The van der Waals surface area contributed by atoms with Crippen molar-refractivity contribution in [3.63, 3.8) is 0 Å². The summed E-state index contributed by atoms with van der Waals surface area (Å²) in [6.07, 6.45) is 0. The molecule has 0 unspecified atom stereocenters. The third-order valence-electron chi connectivity index (χ3n) is 4.87. The van der Waals surface area contributed by atoms with Crippen molar-refractivity contribution < 1.29 is 4.79 Å². The quantitative estimate of drug-likeness (QED) is 0.807. The Bertz CT molecular complexity index is 857. The second-order valence-electron chi connectivity index (χ2n) is 8.07. The minimum atomic E-state index is -0.0818. The summed E-state index contributed by atoms with van der Waals surface area (Å²) < 4.78 is 1.56. The number of carbonyl (C=O) groups is 1. The predicted molar refractivity (Wildman–Crippen MR) is 109 cm³/mol. The van der Waals surface area contributed by atoms with Crippen molar-refractivity contribution in [3.8, 4) is 0 Å². The number of piperazine rings is 1. The van der Waals surface area contributed by atoms with Gasteiger partial charge in [0.05, 0.1) is 17.1 Å². The summed E-state index contributed by atoms with van der Waals surface area (Å²) in [5, 5.41) is 4.53. The highest BCUT2D eigenvalue weighted by Gasteiger charge is 2.23. The van der Waals surface area contributed by atoms with Crippen LogP contribution in [0.1, 0.15) is 41.0 Å². The number of hydrogen-bond acceptors (Lipinski definition) is 5. The Morgan fingerprint density at radius 3 is 2.37 bits per heavy atom. The lowest BCUT2D eigenvalue weighted by Crippen LogP contribution is -2.49. The van der Waals surface area contributed by atoms with Crippen molar-refractivity contribution in [3.05, 3.63) is 50.1 Å². The first kappa shape index (κ1) is 19.8. The van der Waals surface area contributed by atoms with Crippen molar-refractivity contribution in [2.24, 2.45) is 0 Å². The number of nitrogens with zero attached hydrogens (tertiary/aromatic N) is 4. The zero-order chi connectivity index (χ0) is 19.6. The fourth-order valence-electron chi connectivity index (χ4n) is 3.13. The summed E-state index contributed by atoms with van der Waals surface area (Å²) >= 11 is 1.55. The monoisotopic (exact) mass is 388 g/mol. The minimum absolute atomic E-state index is 0.0649. The lowest BCUT2D eigenvalue weighted by atomic mass is 9.92. The SMILES string of the molecule is Cc1ccc(C(=O)N2CCN(CCn3nc(C(C)(C)C)ccc3=O)CC2)s1. The van der Waals surface area contributed by atoms with E-state index in [0.717, 1.165) is 48.2 Å². The van der Waals surface area contributed by atoms with E-state index in [-0.39, 0.29) is 16.9 Å². The fraction of sp³-hybridized carbons (Fsp3) is 0.550. The van der Waals surface area contributed by atoms with Gasteiger partial charge in [-0.15, -0.1) is 11.3 Å². The number of hydrogen-bond donors (Lipinski definition) is 0. The molecule has 2 aromatic heterocycles. The maximum absolute atomic E-state index is 12.5. The number of thiophene rings is 1. The smallest absolute Gasteiger partial charge is 0.266 e. The Morgan fingerprint density at radius 2 is 1.78 bits per heavy atom. The highest BCUT2D eigenvalue weighted by atomic mass is 32.1. The Balaban J connectivity index is 1.54. The standard InChI is InChI=1S/C20H28N4O2S/c1-15-5-6-16(27-15)19(26)23-12-9-22(10-13-23)11-14-24-18(25)8-7-17(21-24)20(2,3)4/h5-8H,9-14H2,1-4H3. The zero-order valence-corrected chi connectivity index (χ0v) is 17.4. The average Bonchev–Trinajstić information content (AvgIpc) is 3.06. The van der Waals surface area contributed by atoms with E-state index in [2.05, 4.69) is 30.8 Å². The molecule has 0 bridgehead atoms. The van der Waals surface area contributed by atoms with Crippen molar-refractivity contribution in [1.82, 2.24) is 19.6 Å². The second-order valence-corrected chi connectivity index (χ2v) is 9.36. The molecule has 0 atom stereocenters. The maximum atomic E-state index is 12.5. The number of aryl methyl sites for hydroxylation is 1. The third-order valence-corrected chi connectivity index (χ3v) is 5.86. The molecular weight excluding hydrogens is 360 g/mol. The summed E-state index contributed by atoms with van der Waals surface area (Å²) in [4.78, 5) is 30.8. The van der Waals surface area contributed by atoms with Gasteiger partial charge in [-0.2, -0.15) is 5.10 Å². The molecule has 0 saturated carbocycles. The Morgan fingerprint density at radius 1 is 1.07 bits per heavy atom. The number of rotatable bonds is 4. The first-order valence-corrected chi connectivity index (χ1v) is 10.2. The van der Waals surface area contributed by atoms with Gasteiger partial charge in [0.15, 0.2) is 0 Å².